The number of nitrogens with zero attached hydrogens (tertiary/aromatic N) is 1. The zero-order valence-electron chi connectivity index (χ0n) is 10.5. The molecular weight excluding hydrogens is 346 g/mol. The number of nitrogens with two attached hydrogens (primary N) is 1. The Morgan fingerprint density at radius 3 is 2.75 bits per heavy atom. The van der Waals surface area contributed by atoms with Crippen molar-refractivity contribution >= 4 is 37.3 Å². The van der Waals surface area contributed by atoms with Crippen molar-refractivity contribution in [2.75, 3.05) is 17.6 Å². The highest BCUT2D eigenvalue weighted by atomic mass is 79.9. The Morgan fingerprint density at radius 2 is 2.10 bits per heavy atom. The van der Waals surface area contributed by atoms with E-state index in [2.05, 4.69) is 25.6 Å². The molecule has 1 heterocycles. The number of pyridine rings is 1. The van der Waals surface area contributed by atoms with Gasteiger partial charge in [-0.3, -0.25) is 4.72 Å². The molecule has 0 fully saturated rings. The molecule has 0 saturated carbocycles. The Kier molecular flexibility index (Phi) is 4.15. The first-order chi connectivity index (χ1) is 9.44. The topological polar surface area (TPSA) is 94.3 Å². The third-order valence-electron chi connectivity index (χ3n) is 2.52. The first-order valence-corrected chi connectivity index (χ1v) is 7.78. The molecule has 2 rings (SSSR count). The average molecular weight is 358 g/mol. The molecule has 1 aromatic carbocycles. The van der Waals surface area contributed by atoms with Gasteiger partial charge < -0.3 is 10.5 Å². The number of nitrogen functional groups attached to an aromatic ring is 1. The second kappa shape index (κ2) is 5.68. The van der Waals surface area contributed by atoms with Crippen LogP contribution >= 0.6 is 15.9 Å². The van der Waals surface area contributed by atoms with Gasteiger partial charge in [0, 0.05) is 12.3 Å². The lowest BCUT2D eigenvalue weighted by atomic mass is 10.3. The van der Waals surface area contributed by atoms with Crippen LogP contribution in [0.1, 0.15) is 0 Å². The van der Waals surface area contributed by atoms with E-state index in [4.69, 9.17) is 10.5 Å². The van der Waals surface area contributed by atoms with E-state index in [1.165, 1.54) is 25.3 Å². The number of methoxy groups -OCH3 is 1. The summed E-state index contributed by atoms with van der Waals surface area (Å²) in [4.78, 5) is 4.00. The molecule has 0 saturated heterocycles. The first-order valence-electron chi connectivity index (χ1n) is 5.51. The molecule has 0 radical (unpaired) electrons. The lowest BCUT2D eigenvalue weighted by Crippen LogP contribution is -2.14. The van der Waals surface area contributed by atoms with Crippen LogP contribution in [0.2, 0.25) is 0 Å². The SMILES string of the molecule is COc1cc(S(=O)(=O)Nc2cccnc2Br)ccc1N. The molecule has 106 valence electrons. The smallest absolute Gasteiger partial charge is 0.262 e. The lowest BCUT2D eigenvalue weighted by molar-refractivity contribution is 0.415. The van der Waals surface area contributed by atoms with Gasteiger partial charge in [0.2, 0.25) is 0 Å². The number of ether oxygens (including phenoxy) is 1. The fraction of sp³-hybridized carbons (Fsp3) is 0.0833. The van der Waals surface area contributed by atoms with Gasteiger partial charge in [-0.25, -0.2) is 13.4 Å². The van der Waals surface area contributed by atoms with E-state index in [0.717, 1.165) is 0 Å². The summed E-state index contributed by atoms with van der Waals surface area (Å²) in [6, 6.07) is 7.48. The first kappa shape index (κ1) is 14.6. The predicted molar refractivity (Wildman–Crippen MR) is 80.2 cm³/mol. The Balaban J connectivity index is 2.38. The quantitative estimate of drug-likeness (QED) is 0.646. The number of benzene rings is 1. The monoisotopic (exact) mass is 357 g/mol. The third-order valence-corrected chi connectivity index (χ3v) is 4.51. The number of aromatic nitrogens is 1. The molecule has 20 heavy (non-hydrogen) atoms. The number of hydrogen-bond acceptors (Lipinski definition) is 5. The summed E-state index contributed by atoms with van der Waals surface area (Å²) < 4.78 is 32.4. The van der Waals surface area contributed by atoms with Crippen LogP contribution in [-0.2, 0) is 10.0 Å². The van der Waals surface area contributed by atoms with Crippen molar-refractivity contribution in [1.82, 2.24) is 4.98 Å². The Labute approximate surface area is 125 Å². The molecule has 3 N–H and O–H groups in total. The van der Waals surface area contributed by atoms with Gasteiger partial charge in [0.05, 0.1) is 23.4 Å². The Bertz CT molecular complexity index is 734. The molecule has 0 atom stereocenters. The van der Waals surface area contributed by atoms with E-state index < -0.39 is 10.0 Å². The van der Waals surface area contributed by atoms with Crippen LogP contribution in [0.3, 0.4) is 0 Å². The lowest BCUT2D eigenvalue weighted by Gasteiger charge is -2.11. The van der Waals surface area contributed by atoms with Crippen molar-refractivity contribution < 1.29 is 13.2 Å². The molecule has 0 aliphatic rings. The molecule has 0 amide bonds. The van der Waals surface area contributed by atoms with Crippen molar-refractivity contribution in [3.05, 3.63) is 41.1 Å². The standard InChI is InChI=1S/C12H12BrN3O3S/c1-19-11-7-8(4-5-9(11)14)20(17,18)16-10-3-2-6-15-12(10)13/h2-7,16H,14H2,1H3. The van der Waals surface area contributed by atoms with Crippen LogP contribution in [-0.4, -0.2) is 20.5 Å². The van der Waals surface area contributed by atoms with Crippen molar-refractivity contribution in [3.63, 3.8) is 0 Å². The van der Waals surface area contributed by atoms with E-state index in [-0.39, 0.29) is 4.90 Å². The van der Waals surface area contributed by atoms with Gasteiger partial charge in [0.25, 0.3) is 10.0 Å². The maximum atomic E-state index is 12.3. The van der Waals surface area contributed by atoms with Crippen molar-refractivity contribution in [2.24, 2.45) is 0 Å². The zero-order chi connectivity index (χ0) is 14.8. The largest absolute Gasteiger partial charge is 0.495 e. The summed E-state index contributed by atoms with van der Waals surface area (Å²) in [7, 11) is -2.32. The number of anilines is 2. The summed E-state index contributed by atoms with van der Waals surface area (Å²) in [6.07, 6.45) is 1.55. The second-order valence-electron chi connectivity index (χ2n) is 3.85. The number of nitrogens with one attached hydrogen (secondary N) is 1. The maximum absolute atomic E-state index is 12.3. The van der Waals surface area contributed by atoms with Crippen LogP contribution in [0.4, 0.5) is 11.4 Å². The predicted octanol–water partition coefficient (Wildman–Crippen LogP) is 2.24. The highest BCUT2D eigenvalue weighted by Crippen LogP contribution is 2.27. The van der Waals surface area contributed by atoms with Gasteiger partial charge in [0.1, 0.15) is 10.4 Å². The molecular formula is C12H12BrN3O3S. The van der Waals surface area contributed by atoms with Crippen LogP contribution in [0.5, 0.6) is 5.75 Å². The molecule has 0 spiro atoms. The van der Waals surface area contributed by atoms with E-state index in [0.29, 0.717) is 21.7 Å². The maximum Gasteiger partial charge on any atom is 0.262 e. The van der Waals surface area contributed by atoms with E-state index in [1.807, 2.05) is 0 Å². The van der Waals surface area contributed by atoms with E-state index >= 15 is 0 Å². The molecule has 1 aromatic heterocycles. The van der Waals surface area contributed by atoms with Crippen molar-refractivity contribution in [1.29, 1.82) is 0 Å². The molecule has 2 aromatic rings. The van der Waals surface area contributed by atoms with Crippen LogP contribution in [0.25, 0.3) is 0 Å². The molecule has 0 bridgehead atoms. The summed E-state index contributed by atoms with van der Waals surface area (Å²) >= 11 is 3.18. The fourth-order valence-corrected chi connectivity index (χ4v) is 3.09. The van der Waals surface area contributed by atoms with Crippen LogP contribution in [0.15, 0.2) is 46.0 Å². The van der Waals surface area contributed by atoms with Gasteiger partial charge >= 0.3 is 0 Å². The van der Waals surface area contributed by atoms with E-state index in [1.54, 1.807) is 18.3 Å². The Hall–Kier alpha value is -1.80. The van der Waals surface area contributed by atoms with Gasteiger partial charge in [-0.2, -0.15) is 0 Å². The normalized spacial score (nSPS) is 11.1. The highest BCUT2D eigenvalue weighted by Gasteiger charge is 2.17. The molecule has 0 unspecified atom stereocenters. The van der Waals surface area contributed by atoms with Gasteiger partial charge in [-0.05, 0) is 40.2 Å². The van der Waals surface area contributed by atoms with Crippen LogP contribution in [0, 0.1) is 0 Å². The molecule has 8 heteroatoms. The van der Waals surface area contributed by atoms with Crippen molar-refractivity contribution in [2.45, 2.75) is 4.90 Å². The minimum absolute atomic E-state index is 0.0549. The number of sulfonamides is 1. The Morgan fingerprint density at radius 1 is 1.35 bits per heavy atom. The van der Waals surface area contributed by atoms with E-state index in [9.17, 15) is 8.42 Å². The molecule has 0 aliphatic heterocycles. The highest BCUT2D eigenvalue weighted by molar-refractivity contribution is 9.10. The minimum atomic E-state index is -3.74. The summed E-state index contributed by atoms with van der Waals surface area (Å²) in [6.45, 7) is 0. The summed E-state index contributed by atoms with van der Waals surface area (Å²) in [5.41, 5.74) is 6.38. The zero-order valence-corrected chi connectivity index (χ0v) is 12.9. The van der Waals surface area contributed by atoms with Crippen molar-refractivity contribution in [3.8, 4) is 5.75 Å². The van der Waals surface area contributed by atoms with Crippen LogP contribution < -0.4 is 15.2 Å². The number of rotatable bonds is 4. The second-order valence-corrected chi connectivity index (χ2v) is 6.28. The number of halogens is 1. The number of hydrogen-bond donors (Lipinski definition) is 2. The summed E-state index contributed by atoms with van der Waals surface area (Å²) in [5.74, 6) is 0.304. The van der Waals surface area contributed by atoms with Gasteiger partial charge in [-0.1, -0.05) is 0 Å². The van der Waals surface area contributed by atoms with Gasteiger partial charge in [0.15, 0.2) is 0 Å². The average Bonchev–Trinajstić information content (AvgIpc) is 2.41. The molecule has 6 nitrogen and oxygen atoms in total. The molecule has 0 aliphatic carbocycles. The minimum Gasteiger partial charge on any atom is -0.495 e. The summed E-state index contributed by atoms with van der Waals surface area (Å²) in [5, 5.41) is 0. The fourth-order valence-electron chi connectivity index (χ4n) is 1.52. The third kappa shape index (κ3) is 3.02. The van der Waals surface area contributed by atoms with Gasteiger partial charge in [-0.15, -0.1) is 0 Å².